The van der Waals surface area contributed by atoms with Crippen molar-refractivity contribution < 1.29 is 4.74 Å². The smallest absolute Gasteiger partial charge is 0.156 e. The molecule has 0 radical (unpaired) electrons. The van der Waals surface area contributed by atoms with E-state index in [0.717, 1.165) is 5.69 Å². The molecule has 1 aliphatic rings. The van der Waals surface area contributed by atoms with E-state index >= 15 is 0 Å². The number of nitrogen functional groups attached to an aromatic ring is 1. The first-order valence-electron chi connectivity index (χ1n) is 4.67. The molecule has 3 N–H and O–H groups in total. The molecule has 0 spiro atoms. The van der Waals surface area contributed by atoms with E-state index < -0.39 is 0 Å². The molecule has 0 aromatic carbocycles. The van der Waals surface area contributed by atoms with Gasteiger partial charge in [0, 0.05) is 24.8 Å². The summed E-state index contributed by atoms with van der Waals surface area (Å²) in [5.41, 5.74) is 3.61. The average Bonchev–Trinajstić information content (AvgIpc) is 3.01. The van der Waals surface area contributed by atoms with Crippen molar-refractivity contribution in [3.8, 4) is 0 Å². The number of hydrogen-bond donors (Lipinski definition) is 2. The van der Waals surface area contributed by atoms with Gasteiger partial charge in [-0.3, -0.25) is 0 Å². The van der Waals surface area contributed by atoms with Crippen LogP contribution in [0.15, 0.2) is 6.07 Å². The van der Waals surface area contributed by atoms with Crippen LogP contribution in [0.3, 0.4) is 0 Å². The van der Waals surface area contributed by atoms with E-state index in [1.54, 1.807) is 7.11 Å². The highest BCUT2D eigenvalue weighted by Crippen LogP contribution is 2.39. The molecule has 1 saturated carbocycles. The molecule has 14 heavy (non-hydrogen) atoms. The Kier molecular flexibility index (Phi) is 2.60. The lowest BCUT2D eigenvalue weighted by Gasteiger charge is -2.05. The normalized spacial score (nSPS) is 15.6. The third-order valence-corrected chi connectivity index (χ3v) is 2.21. The summed E-state index contributed by atoms with van der Waals surface area (Å²) in [6.45, 7) is 0.426. The summed E-state index contributed by atoms with van der Waals surface area (Å²) in [4.78, 5) is 8.58. The molecule has 1 aromatic rings. The van der Waals surface area contributed by atoms with Crippen LogP contribution in [-0.2, 0) is 11.3 Å². The van der Waals surface area contributed by atoms with Crippen LogP contribution >= 0.6 is 0 Å². The third-order valence-electron chi connectivity index (χ3n) is 2.21. The molecule has 0 saturated heterocycles. The predicted octanol–water partition coefficient (Wildman–Crippen LogP) is 0.786. The van der Waals surface area contributed by atoms with Gasteiger partial charge in [-0.25, -0.2) is 15.8 Å². The van der Waals surface area contributed by atoms with Crippen LogP contribution in [0.5, 0.6) is 0 Å². The van der Waals surface area contributed by atoms with Gasteiger partial charge in [-0.05, 0) is 12.8 Å². The van der Waals surface area contributed by atoms with E-state index in [9.17, 15) is 0 Å². The maximum Gasteiger partial charge on any atom is 0.156 e. The number of anilines is 1. The number of nitrogens with one attached hydrogen (secondary N) is 1. The zero-order valence-electron chi connectivity index (χ0n) is 8.16. The fourth-order valence-electron chi connectivity index (χ4n) is 1.37. The molecule has 2 rings (SSSR count). The Balaban J connectivity index is 2.26. The van der Waals surface area contributed by atoms with Crippen molar-refractivity contribution >= 4 is 5.82 Å². The van der Waals surface area contributed by atoms with Gasteiger partial charge in [0.15, 0.2) is 5.82 Å². The minimum absolute atomic E-state index is 0.426. The lowest BCUT2D eigenvalue weighted by molar-refractivity contribution is 0.177. The Bertz CT molecular complexity index is 325. The molecule has 0 atom stereocenters. The first kappa shape index (κ1) is 9.36. The molecule has 1 heterocycles. The number of nitrogens with zero attached hydrogens (tertiary/aromatic N) is 2. The second-order valence-corrected chi connectivity index (χ2v) is 3.45. The maximum absolute atomic E-state index is 5.32. The number of nitrogens with two attached hydrogens (primary N) is 1. The van der Waals surface area contributed by atoms with Crippen LogP contribution < -0.4 is 11.3 Å². The van der Waals surface area contributed by atoms with Crippen molar-refractivity contribution in [2.75, 3.05) is 12.5 Å². The largest absolute Gasteiger partial charge is 0.377 e. The fourth-order valence-corrected chi connectivity index (χ4v) is 1.37. The fraction of sp³-hybridized carbons (Fsp3) is 0.556. The topological polar surface area (TPSA) is 73.1 Å². The molecule has 76 valence electrons. The van der Waals surface area contributed by atoms with Gasteiger partial charge >= 0.3 is 0 Å². The van der Waals surface area contributed by atoms with Crippen molar-refractivity contribution in [3.05, 3.63) is 17.6 Å². The lowest BCUT2D eigenvalue weighted by atomic mass is 10.3. The van der Waals surface area contributed by atoms with Gasteiger partial charge in [0.25, 0.3) is 0 Å². The van der Waals surface area contributed by atoms with Crippen LogP contribution in [0.2, 0.25) is 0 Å². The second kappa shape index (κ2) is 3.89. The Labute approximate surface area is 82.7 Å². The summed E-state index contributed by atoms with van der Waals surface area (Å²) in [6.07, 6.45) is 2.43. The van der Waals surface area contributed by atoms with E-state index in [1.165, 1.54) is 12.8 Å². The Morgan fingerprint density at radius 1 is 1.57 bits per heavy atom. The molecule has 5 nitrogen and oxygen atoms in total. The molecule has 5 heteroatoms. The Hall–Kier alpha value is -1.20. The third kappa shape index (κ3) is 2.00. The number of ether oxygens (including phenoxy) is 1. The maximum atomic E-state index is 5.32. The highest BCUT2D eigenvalue weighted by atomic mass is 16.5. The highest BCUT2D eigenvalue weighted by Gasteiger charge is 2.25. The van der Waals surface area contributed by atoms with E-state index in [2.05, 4.69) is 15.4 Å². The van der Waals surface area contributed by atoms with Gasteiger partial charge in [-0.1, -0.05) is 0 Å². The highest BCUT2D eigenvalue weighted by molar-refractivity contribution is 5.36. The monoisotopic (exact) mass is 194 g/mol. The SMILES string of the molecule is COCc1nc(NN)cc(C2CC2)n1. The summed E-state index contributed by atoms with van der Waals surface area (Å²) >= 11 is 0. The molecule has 0 aliphatic heterocycles. The van der Waals surface area contributed by atoms with Crippen molar-refractivity contribution in [2.24, 2.45) is 5.84 Å². The number of methoxy groups -OCH3 is 1. The molecule has 1 fully saturated rings. The minimum atomic E-state index is 0.426. The van der Waals surface area contributed by atoms with Gasteiger partial charge < -0.3 is 10.2 Å². The first-order chi connectivity index (χ1) is 6.83. The minimum Gasteiger partial charge on any atom is -0.377 e. The molecule has 0 unspecified atom stereocenters. The van der Waals surface area contributed by atoms with Crippen LogP contribution in [0.25, 0.3) is 0 Å². The predicted molar refractivity (Wildman–Crippen MR) is 52.5 cm³/mol. The summed E-state index contributed by atoms with van der Waals surface area (Å²) in [5.74, 6) is 7.27. The first-order valence-corrected chi connectivity index (χ1v) is 4.67. The number of rotatable bonds is 4. The van der Waals surface area contributed by atoms with Gasteiger partial charge in [-0.15, -0.1) is 0 Å². The number of aromatic nitrogens is 2. The van der Waals surface area contributed by atoms with E-state index in [1.807, 2.05) is 6.07 Å². The van der Waals surface area contributed by atoms with Gasteiger partial charge in [0.1, 0.15) is 12.4 Å². The van der Waals surface area contributed by atoms with Crippen LogP contribution in [0.4, 0.5) is 5.82 Å². The van der Waals surface area contributed by atoms with Crippen molar-refractivity contribution in [1.29, 1.82) is 0 Å². The van der Waals surface area contributed by atoms with Crippen molar-refractivity contribution in [2.45, 2.75) is 25.4 Å². The number of hydrogen-bond acceptors (Lipinski definition) is 5. The summed E-state index contributed by atoms with van der Waals surface area (Å²) in [7, 11) is 1.63. The second-order valence-electron chi connectivity index (χ2n) is 3.45. The van der Waals surface area contributed by atoms with E-state index in [4.69, 9.17) is 10.6 Å². The van der Waals surface area contributed by atoms with Crippen molar-refractivity contribution in [1.82, 2.24) is 9.97 Å². The van der Waals surface area contributed by atoms with Crippen LogP contribution in [0.1, 0.15) is 30.3 Å². The van der Waals surface area contributed by atoms with Gasteiger partial charge in [0.2, 0.25) is 0 Å². The van der Waals surface area contributed by atoms with Gasteiger partial charge in [-0.2, -0.15) is 0 Å². The van der Waals surface area contributed by atoms with E-state index in [0.29, 0.717) is 24.2 Å². The molecule has 0 bridgehead atoms. The lowest BCUT2D eigenvalue weighted by Crippen LogP contribution is -2.11. The van der Waals surface area contributed by atoms with Crippen LogP contribution in [0, 0.1) is 0 Å². The standard InChI is InChI=1S/C9H14N4O/c1-14-5-9-11-7(6-2-3-6)4-8(12-9)13-10/h4,6H,2-3,5,10H2,1H3,(H,11,12,13). The Morgan fingerprint density at radius 2 is 2.36 bits per heavy atom. The molecule has 0 amide bonds. The van der Waals surface area contributed by atoms with E-state index in [-0.39, 0.29) is 0 Å². The quantitative estimate of drug-likeness (QED) is 0.547. The Morgan fingerprint density at radius 3 is 2.93 bits per heavy atom. The molecule has 1 aliphatic carbocycles. The number of hydrazine groups is 1. The van der Waals surface area contributed by atoms with Crippen LogP contribution in [-0.4, -0.2) is 17.1 Å². The molecular formula is C9H14N4O. The summed E-state index contributed by atoms with van der Waals surface area (Å²) < 4.78 is 4.99. The zero-order valence-corrected chi connectivity index (χ0v) is 8.16. The molecule has 1 aromatic heterocycles. The summed E-state index contributed by atoms with van der Waals surface area (Å²) in [6, 6.07) is 1.90. The summed E-state index contributed by atoms with van der Waals surface area (Å²) in [5, 5.41) is 0. The van der Waals surface area contributed by atoms with Gasteiger partial charge in [0.05, 0.1) is 0 Å². The zero-order chi connectivity index (χ0) is 9.97. The van der Waals surface area contributed by atoms with Crippen molar-refractivity contribution in [3.63, 3.8) is 0 Å². The average molecular weight is 194 g/mol. The molecular weight excluding hydrogens is 180 g/mol.